The van der Waals surface area contributed by atoms with Crippen LogP contribution in [0, 0.1) is 0 Å². The number of ether oxygens (including phenoxy) is 1. The molecule has 72 valence electrons. The van der Waals surface area contributed by atoms with Crippen LogP contribution < -0.4 is 0 Å². The van der Waals surface area contributed by atoms with E-state index in [4.69, 9.17) is 0 Å². The number of esters is 1. The van der Waals surface area contributed by atoms with Crippen LogP contribution in [0.1, 0.15) is 33.1 Å². The van der Waals surface area contributed by atoms with Gasteiger partial charge in [0.2, 0.25) is 0 Å². The predicted octanol–water partition coefficient (Wildman–Crippen LogP) is 2.47. The first kappa shape index (κ1) is 11.8. The van der Waals surface area contributed by atoms with E-state index in [2.05, 4.69) is 18.6 Å². The minimum absolute atomic E-state index is 0.0938. The largest absolute Gasteiger partial charge is 0.469 e. The normalized spacial score (nSPS) is 12.6. The maximum absolute atomic E-state index is 10.7. The molecule has 0 aromatic carbocycles. The van der Waals surface area contributed by atoms with Crippen molar-refractivity contribution in [1.29, 1.82) is 0 Å². The monoisotopic (exact) mass is 190 g/mol. The molecule has 0 fully saturated rings. The Morgan fingerprint density at radius 3 is 2.75 bits per heavy atom. The van der Waals surface area contributed by atoms with E-state index in [0.29, 0.717) is 11.7 Å². The highest BCUT2D eigenvalue weighted by molar-refractivity contribution is 7.99. The summed E-state index contributed by atoms with van der Waals surface area (Å²) in [5.41, 5.74) is 0. The van der Waals surface area contributed by atoms with E-state index in [0.717, 1.165) is 18.6 Å². The number of carbonyl (C=O) groups excluding carboxylic acids is 1. The summed E-state index contributed by atoms with van der Waals surface area (Å²) in [4.78, 5) is 10.7. The number of hydrogen-bond donors (Lipinski definition) is 0. The third-order valence-corrected chi connectivity index (χ3v) is 2.81. The molecule has 1 atom stereocenters. The van der Waals surface area contributed by atoms with Gasteiger partial charge in [-0.05, 0) is 18.6 Å². The third-order valence-electron chi connectivity index (χ3n) is 1.67. The smallest absolute Gasteiger partial charge is 0.305 e. The van der Waals surface area contributed by atoms with Gasteiger partial charge in [0.1, 0.15) is 0 Å². The van der Waals surface area contributed by atoms with Gasteiger partial charge >= 0.3 is 5.97 Å². The lowest BCUT2D eigenvalue weighted by Gasteiger charge is -2.07. The van der Waals surface area contributed by atoms with Gasteiger partial charge in [0.25, 0.3) is 0 Å². The van der Waals surface area contributed by atoms with Crippen LogP contribution in [-0.2, 0) is 9.53 Å². The van der Waals surface area contributed by atoms with Gasteiger partial charge in [-0.3, -0.25) is 4.79 Å². The van der Waals surface area contributed by atoms with Gasteiger partial charge in [-0.1, -0.05) is 13.8 Å². The van der Waals surface area contributed by atoms with Crippen LogP contribution in [0.4, 0.5) is 0 Å². The molecular weight excluding hydrogens is 172 g/mol. The van der Waals surface area contributed by atoms with E-state index in [9.17, 15) is 4.79 Å². The van der Waals surface area contributed by atoms with Crippen LogP contribution in [0.3, 0.4) is 0 Å². The summed E-state index contributed by atoms with van der Waals surface area (Å²) >= 11 is 1.94. The van der Waals surface area contributed by atoms with Crippen molar-refractivity contribution in [2.45, 2.75) is 38.4 Å². The van der Waals surface area contributed by atoms with Crippen molar-refractivity contribution in [2.75, 3.05) is 12.9 Å². The summed E-state index contributed by atoms with van der Waals surface area (Å²) < 4.78 is 4.55. The van der Waals surface area contributed by atoms with Crippen LogP contribution in [0.5, 0.6) is 0 Å². The highest BCUT2D eigenvalue weighted by atomic mass is 32.2. The van der Waals surface area contributed by atoms with Crippen LogP contribution in [0.15, 0.2) is 0 Å². The van der Waals surface area contributed by atoms with Crippen molar-refractivity contribution in [3.63, 3.8) is 0 Å². The van der Waals surface area contributed by atoms with E-state index in [1.54, 1.807) is 0 Å². The Balaban J connectivity index is 3.24. The molecule has 2 nitrogen and oxygen atoms in total. The Kier molecular flexibility index (Phi) is 7.36. The van der Waals surface area contributed by atoms with Gasteiger partial charge in [0.05, 0.1) is 7.11 Å². The minimum atomic E-state index is -0.0938. The lowest BCUT2D eigenvalue weighted by molar-refractivity contribution is -0.140. The van der Waals surface area contributed by atoms with Gasteiger partial charge in [0, 0.05) is 11.7 Å². The average Bonchev–Trinajstić information content (AvgIpc) is 2.04. The highest BCUT2D eigenvalue weighted by Crippen LogP contribution is 2.15. The summed E-state index contributed by atoms with van der Waals surface area (Å²) in [5, 5.41) is 0.666. The number of hydrogen-bond acceptors (Lipinski definition) is 3. The summed E-state index contributed by atoms with van der Waals surface area (Å²) in [6.07, 6.45) is 2.61. The van der Waals surface area contributed by atoms with E-state index in [1.807, 2.05) is 11.8 Å². The SMILES string of the molecule is CCSC(C)CCCC(=O)OC. The Labute approximate surface area is 79.1 Å². The van der Waals surface area contributed by atoms with E-state index < -0.39 is 0 Å². The molecule has 12 heavy (non-hydrogen) atoms. The van der Waals surface area contributed by atoms with Gasteiger partial charge in [-0.25, -0.2) is 0 Å². The molecule has 0 radical (unpaired) electrons. The van der Waals surface area contributed by atoms with Crippen LogP contribution in [0.25, 0.3) is 0 Å². The Hall–Kier alpha value is -0.180. The van der Waals surface area contributed by atoms with Gasteiger partial charge in [0.15, 0.2) is 0 Å². The fourth-order valence-corrected chi connectivity index (χ4v) is 1.91. The van der Waals surface area contributed by atoms with E-state index in [1.165, 1.54) is 7.11 Å². The first-order valence-electron chi connectivity index (χ1n) is 4.39. The molecule has 0 aliphatic rings. The minimum Gasteiger partial charge on any atom is -0.469 e. The lowest BCUT2D eigenvalue weighted by Crippen LogP contribution is -2.02. The molecule has 0 aliphatic heterocycles. The summed E-state index contributed by atoms with van der Waals surface area (Å²) in [6, 6.07) is 0. The Bertz CT molecular complexity index is 126. The van der Waals surface area contributed by atoms with Crippen LogP contribution in [-0.4, -0.2) is 24.1 Å². The molecular formula is C9H18O2S. The van der Waals surface area contributed by atoms with Crippen molar-refractivity contribution >= 4 is 17.7 Å². The van der Waals surface area contributed by atoms with Crippen molar-refractivity contribution in [3.05, 3.63) is 0 Å². The lowest BCUT2D eigenvalue weighted by atomic mass is 10.2. The van der Waals surface area contributed by atoms with Gasteiger partial charge < -0.3 is 4.74 Å². The van der Waals surface area contributed by atoms with Crippen molar-refractivity contribution in [1.82, 2.24) is 0 Å². The fourth-order valence-electron chi connectivity index (χ4n) is 1.00. The van der Waals surface area contributed by atoms with E-state index in [-0.39, 0.29) is 5.97 Å². The van der Waals surface area contributed by atoms with Gasteiger partial charge in [-0.15, -0.1) is 0 Å². The first-order valence-corrected chi connectivity index (χ1v) is 5.44. The third kappa shape index (κ3) is 6.53. The summed E-state index contributed by atoms with van der Waals surface area (Å²) in [7, 11) is 1.44. The standard InChI is InChI=1S/C9H18O2S/c1-4-12-8(2)6-5-7-9(10)11-3/h8H,4-7H2,1-3H3. The molecule has 0 heterocycles. The Morgan fingerprint density at radius 2 is 2.25 bits per heavy atom. The first-order chi connectivity index (χ1) is 5.70. The Morgan fingerprint density at radius 1 is 1.58 bits per heavy atom. The topological polar surface area (TPSA) is 26.3 Å². The van der Waals surface area contributed by atoms with Gasteiger partial charge in [-0.2, -0.15) is 11.8 Å². The summed E-state index contributed by atoms with van der Waals surface area (Å²) in [5.74, 6) is 1.06. The average molecular weight is 190 g/mol. The number of rotatable bonds is 6. The second-order valence-electron chi connectivity index (χ2n) is 2.73. The molecule has 0 amide bonds. The molecule has 0 aliphatic carbocycles. The second kappa shape index (κ2) is 7.47. The molecule has 0 saturated carbocycles. The number of thioether (sulfide) groups is 1. The molecule has 0 saturated heterocycles. The molecule has 0 aromatic heterocycles. The highest BCUT2D eigenvalue weighted by Gasteiger charge is 2.03. The molecule has 0 aromatic rings. The number of methoxy groups -OCH3 is 1. The molecule has 1 unspecified atom stereocenters. The molecule has 3 heteroatoms. The maximum Gasteiger partial charge on any atom is 0.305 e. The zero-order valence-electron chi connectivity index (χ0n) is 8.13. The molecule has 0 N–H and O–H groups in total. The quantitative estimate of drug-likeness (QED) is 0.602. The molecule has 0 spiro atoms. The van der Waals surface area contributed by atoms with Crippen molar-refractivity contribution in [3.8, 4) is 0 Å². The van der Waals surface area contributed by atoms with E-state index >= 15 is 0 Å². The molecule has 0 bridgehead atoms. The zero-order valence-corrected chi connectivity index (χ0v) is 8.95. The van der Waals surface area contributed by atoms with Crippen LogP contribution in [0.2, 0.25) is 0 Å². The van der Waals surface area contributed by atoms with Crippen molar-refractivity contribution in [2.24, 2.45) is 0 Å². The number of carbonyl (C=O) groups is 1. The molecule has 0 rings (SSSR count). The fraction of sp³-hybridized carbons (Fsp3) is 0.889. The van der Waals surface area contributed by atoms with Crippen molar-refractivity contribution < 1.29 is 9.53 Å². The predicted molar refractivity (Wildman–Crippen MR) is 53.5 cm³/mol. The van der Waals surface area contributed by atoms with Crippen LogP contribution >= 0.6 is 11.8 Å². The second-order valence-corrected chi connectivity index (χ2v) is 4.45. The summed E-state index contributed by atoms with van der Waals surface area (Å²) in [6.45, 7) is 4.35. The zero-order chi connectivity index (χ0) is 9.40. The maximum atomic E-state index is 10.7.